The van der Waals surface area contributed by atoms with E-state index in [1.165, 1.54) is 143 Å². The van der Waals surface area contributed by atoms with Crippen LogP contribution in [-0.4, -0.2) is 50.2 Å². The first-order valence-corrected chi connectivity index (χ1v) is 17.3. The zero-order chi connectivity index (χ0) is 30.2. The summed E-state index contributed by atoms with van der Waals surface area (Å²) in [6, 6.07) is -0.738. The number of rotatable bonds is 32. The summed E-state index contributed by atoms with van der Waals surface area (Å²) < 4.78 is 0. The van der Waals surface area contributed by atoms with E-state index in [2.05, 4.69) is 33.4 Å². The minimum Gasteiger partial charge on any atom is -0.299 e. The van der Waals surface area contributed by atoms with Crippen LogP contribution in [0.2, 0.25) is 0 Å². The standard InChI is InChI=1S/C34H67NO6/c1-5-7-9-11-13-15-17-19-21-23-25-27-29-35(32(34(37)41-39-4)31-33(36)40-38-3)30-28-26-24-22-20-18-16-14-12-10-8-6-2/h32H,5-31H2,1-4H3. The molecule has 0 rings (SSSR count). The van der Waals surface area contributed by atoms with E-state index in [0.29, 0.717) is 0 Å². The molecule has 0 aromatic carbocycles. The van der Waals surface area contributed by atoms with Crippen LogP contribution in [-0.2, 0) is 29.1 Å². The van der Waals surface area contributed by atoms with Crippen molar-refractivity contribution in [3.8, 4) is 0 Å². The van der Waals surface area contributed by atoms with E-state index in [9.17, 15) is 9.59 Å². The molecule has 0 aliphatic carbocycles. The van der Waals surface area contributed by atoms with Gasteiger partial charge in [-0.25, -0.2) is 9.59 Å². The van der Waals surface area contributed by atoms with Crippen molar-refractivity contribution < 1.29 is 29.1 Å². The molecule has 7 nitrogen and oxygen atoms in total. The van der Waals surface area contributed by atoms with Crippen LogP contribution < -0.4 is 0 Å². The smallest absolute Gasteiger partial charge is 0.299 e. The van der Waals surface area contributed by atoms with E-state index in [1.807, 2.05) is 0 Å². The second-order valence-corrected chi connectivity index (χ2v) is 11.7. The van der Waals surface area contributed by atoms with Crippen LogP contribution in [0.25, 0.3) is 0 Å². The van der Waals surface area contributed by atoms with Crippen LogP contribution in [0.15, 0.2) is 0 Å². The van der Waals surface area contributed by atoms with Crippen LogP contribution in [0, 0.1) is 0 Å². The lowest BCUT2D eigenvalue weighted by atomic mass is 10.0. The SMILES string of the molecule is CCCCCCCCCCCCCCN(CCCCCCCCCCCCCC)C(CC(=O)OOC)C(=O)OOC. The first-order chi connectivity index (χ1) is 20.1. The molecule has 0 fully saturated rings. The van der Waals surface area contributed by atoms with Gasteiger partial charge in [-0.15, -0.1) is 0 Å². The Labute approximate surface area is 253 Å². The molecular formula is C34H67NO6. The third kappa shape index (κ3) is 26.2. The number of carbonyl (C=O) groups is 2. The molecule has 1 unspecified atom stereocenters. The van der Waals surface area contributed by atoms with Gasteiger partial charge >= 0.3 is 11.9 Å². The van der Waals surface area contributed by atoms with Crippen LogP contribution in [0.4, 0.5) is 0 Å². The van der Waals surface area contributed by atoms with Gasteiger partial charge in [0.15, 0.2) is 0 Å². The normalized spacial score (nSPS) is 12.1. The molecule has 0 radical (unpaired) electrons. The van der Waals surface area contributed by atoms with Crippen molar-refractivity contribution in [2.45, 2.75) is 180 Å². The molecule has 0 aliphatic rings. The summed E-state index contributed by atoms with van der Waals surface area (Å²) in [7, 11) is 2.60. The van der Waals surface area contributed by atoms with Gasteiger partial charge in [-0.2, -0.15) is 9.78 Å². The van der Waals surface area contributed by atoms with Gasteiger partial charge in [0.1, 0.15) is 6.04 Å². The minimum absolute atomic E-state index is 0.119. The van der Waals surface area contributed by atoms with Crippen LogP contribution >= 0.6 is 0 Å². The number of unbranched alkanes of at least 4 members (excludes halogenated alkanes) is 22. The number of nitrogens with zero attached hydrogens (tertiary/aromatic N) is 1. The van der Waals surface area contributed by atoms with E-state index in [1.54, 1.807) is 0 Å². The fourth-order valence-corrected chi connectivity index (χ4v) is 5.52. The summed E-state index contributed by atoms with van der Waals surface area (Å²) in [6.07, 6.45) is 30.7. The fourth-order valence-electron chi connectivity index (χ4n) is 5.52. The largest absolute Gasteiger partial charge is 0.359 e. The molecule has 0 N–H and O–H groups in total. The summed E-state index contributed by atoms with van der Waals surface area (Å²) in [6.45, 7) is 6.02. The van der Waals surface area contributed by atoms with Crippen molar-refractivity contribution in [3.05, 3.63) is 0 Å². The van der Waals surface area contributed by atoms with Crippen LogP contribution in [0.1, 0.15) is 174 Å². The van der Waals surface area contributed by atoms with Gasteiger partial charge in [-0.1, -0.05) is 155 Å². The molecule has 0 aromatic heterocycles. The molecule has 0 heterocycles. The third-order valence-electron chi connectivity index (χ3n) is 8.01. The lowest BCUT2D eigenvalue weighted by Crippen LogP contribution is -2.44. The Morgan fingerprint density at radius 1 is 0.488 bits per heavy atom. The van der Waals surface area contributed by atoms with Gasteiger partial charge in [0.25, 0.3) is 0 Å². The molecule has 0 amide bonds. The van der Waals surface area contributed by atoms with Gasteiger partial charge < -0.3 is 0 Å². The van der Waals surface area contributed by atoms with Crippen molar-refractivity contribution in [1.82, 2.24) is 4.90 Å². The van der Waals surface area contributed by atoms with Crippen molar-refractivity contribution >= 4 is 11.9 Å². The molecule has 0 saturated heterocycles. The topological polar surface area (TPSA) is 74.3 Å². The fraction of sp³-hybridized carbons (Fsp3) is 0.941. The molecule has 0 saturated carbocycles. The zero-order valence-electron chi connectivity index (χ0n) is 27.6. The third-order valence-corrected chi connectivity index (χ3v) is 8.01. The molecule has 7 heteroatoms. The summed E-state index contributed by atoms with van der Waals surface area (Å²) in [5.74, 6) is -1.14. The highest BCUT2D eigenvalue weighted by Gasteiger charge is 2.31. The Morgan fingerprint density at radius 2 is 0.805 bits per heavy atom. The van der Waals surface area contributed by atoms with Crippen LogP contribution in [0.3, 0.4) is 0 Å². The first kappa shape index (κ1) is 39.8. The summed E-state index contributed by atoms with van der Waals surface area (Å²) in [5.41, 5.74) is 0. The second kappa shape index (κ2) is 31.7. The van der Waals surface area contributed by atoms with E-state index in [-0.39, 0.29) is 6.42 Å². The maximum Gasteiger partial charge on any atom is 0.359 e. The van der Waals surface area contributed by atoms with Gasteiger partial charge in [-0.05, 0) is 25.9 Å². The maximum absolute atomic E-state index is 12.7. The number of hydrogen-bond acceptors (Lipinski definition) is 7. The highest BCUT2D eigenvalue weighted by atomic mass is 17.2. The quantitative estimate of drug-likeness (QED) is 0.0442. The van der Waals surface area contributed by atoms with Crippen molar-refractivity contribution in [3.63, 3.8) is 0 Å². The molecular weight excluding hydrogens is 518 g/mol. The monoisotopic (exact) mass is 585 g/mol. The van der Waals surface area contributed by atoms with Crippen LogP contribution in [0.5, 0.6) is 0 Å². The molecule has 0 spiro atoms. The summed E-state index contributed by atoms with van der Waals surface area (Å²) in [4.78, 5) is 45.7. The Balaban J connectivity index is 4.47. The van der Waals surface area contributed by atoms with Gasteiger partial charge in [-0.3, -0.25) is 14.7 Å². The van der Waals surface area contributed by atoms with Crippen molar-refractivity contribution in [2.75, 3.05) is 27.3 Å². The van der Waals surface area contributed by atoms with Gasteiger partial charge in [0.05, 0.1) is 20.6 Å². The average Bonchev–Trinajstić information content (AvgIpc) is 2.96. The Hall–Kier alpha value is -1.18. The zero-order valence-corrected chi connectivity index (χ0v) is 27.6. The molecule has 41 heavy (non-hydrogen) atoms. The number of hydrogen-bond donors (Lipinski definition) is 0. The van der Waals surface area contributed by atoms with Crippen molar-refractivity contribution in [2.24, 2.45) is 0 Å². The predicted octanol–water partition coefficient (Wildman–Crippen LogP) is 9.66. The molecule has 0 aliphatic heterocycles. The van der Waals surface area contributed by atoms with E-state index < -0.39 is 18.0 Å². The molecule has 244 valence electrons. The highest BCUT2D eigenvalue weighted by molar-refractivity contribution is 5.82. The summed E-state index contributed by atoms with van der Waals surface area (Å²) in [5, 5.41) is 0. The average molecular weight is 586 g/mol. The Kier molecular flexibility index (Phi) is 30.8. The lowest BCUT2D eigenvalue weighted by molar-refractivity contribution is -0.265. The van der Waals surface area contributed by atoms with Gasteiger partial charge in [0, 0.05) is 0 Å². The van der Waals surface area contributed by atoms with Gasteiger partial charge in [0.2, 0.25) is 0 Å². The van der Waals surface area contributed by atoms with E-state index in [4.69, 9.17) is 4.89 Å². The van der Waals surface area contributed by atoms with E-state index in [0.717, 1.165) is 38.8 Å². The van der Waals surface area contributed by atoms with E-state index >= 15 is 0 Å². The number of carbonyl (C=O) groups excluding carboxylic acids is 2. The first-order valence-electron chi connectivity index (χ1n) is 17.3. The highest BCUT2D eigenvalue weighted by Crippen LogP contribution is 2.17. The Bertz CT molecular complexity index is 545. The predicted molar refractivity (Wildman–Crippen MR) is 168 cm³/mol. The minimum atomic E-state index is -0.738. The van der Waals surface area contributed by atoms with Crippen molar-refractivity contribution in [1.29, 1.82) is 0 Å². The molecule has 0 aromatic rings. The lowest BCUT2D eigenvalue weighted by Gasteiger charge is -2.29. The maximum atomic E-state index is 12.7. The molecule has 0 bridgehead atoms. The Morgan fingerprint density at radius 3 is 1.12 bits per heavy atom. The summed E-state index contributed by atoms with van der Waals surface area (Å²) >= 11 is 0. The molecule has 1 atom stereocenters. The second-order valence-electron chi connectivity index (χ2n) is 11.7.